The minimum Gasteiger partial charge on any atom is -0.299 e. The fourth-order valence-electron chi connectivity index (χ4n) is 3.30. The molecule has 1 nitrogen and oxygen atoms in total. The van der Waals surface area contributed by atoms with Gasteiger partial charge in [0.05, 0.1) is 0 Å². The van der Waals surface area contributed by atoms with Crippen LogP contribution < -0.4 is 0 Å². The summed E-state index contributed by atoms with van der Waals surface area (Å²) in [6.45, 7) is 4.55. The molecule has 1 heterocycles. The van der Waals surface area contributed by atoms with E-state index >= 15 is 0 Å². The summed E-state index contributed by atoms with van der Waals surface area (Å²) in [5, 5.41) is 0. The molecule has 2 rings (SSSR count). The molecule has 1 aliphatic heterocycles. The Morgan fingerprint density at radius 3 is 2.50 bits per heavy atom. The topological polar surface area (TPSA) is 17.1 Å². The van der Waals surface area contributed by atoms with Gasteiger partial charge >= 0.3 is 0 Å². The number of carbonyl (C=O) groups excluding carboxylic acids is 1. The molecule has 2 fully saturated rings. The number of hydrogen-bond acceptors (Lipinski definition) is 2. The molecule has 0 aromatic heterocycles. The van der Waals surface area contributed by atoms with Crippen molar-refractivity contribution >= 4 is 17.5 Å². The lowest BCUT2D eigenvalue weighted by Gasteiger charge is -2.28. The highest BCUT2D eigenvalue weighted by atomic mass is 32.2. The van der Waals surface area contributed by atoms with Crippen molar-refractivity contribution in [1.29, 1.82) is 0 Å². The van der Waals surface area contributed by atoms with Crippen LogP contribution in [0.2, 0.25) is 0 Å². The SMILES string of the molecule is CC1(C)CCCC1C(=O)CC1CCSCC1. The van der Waals surface area contributed by atoms with Gasteiger partial charge in [-0.1, -0.05) is 20.3 Å². The molecule has 0 aromatic carbocycles. The van der Waals surface area contributed by atoms with E-state index in [1.54, 1.807) is 0 Å². The van der Waals surface area contributed by atoms with E-state index in [0.29, 0.717) is 17.6 Å². The third kappa shape index (κ3) is 2.82. The molecule has 0 spiro atoms. The second-order valence-electron chi connectivity index (χ2n) is 6.16. The number of rotatable bonds is 3. The van der Waals surface area contributed by atoms with Gasteiger partial charge in [0.1, 0.15) is 5.78 Å². The Morgan fingerprint density at radius 2 is 1.94 bits per heavy atom. The average Bonchev–Trinajstić information content (AvgIpc) is 2.59. The summed E-state index contributed by atoms with van der Waals surface area (Å²) in [6.07, 6.45) is 7.04. The molecule has 0 radical (unpaired) electrons. The maximum absolute atomic E-state index is 12.3. The number of ketones is 1. The van der Waals surface area contributed by atoms with Gasteiger partial charge in [0.2, 0.25) is 0 Å². The second-order valence-corrected chi connectivity index (χ2v) is 7.38. The molecule has 2 heteroatoms. The lowest BCUT2D eigenvalue weighted by molar-refractivity contribution is -0.126. The highest BCUT2D eigenvalue weighted by molar-refractivity contribution is 7.99. The fraction of sp³-hybridized carbons (Fsp3) is 0.929. The van der Waals surface area contributed by atoms with E-state index in [1.807, 2.05) is 11.8 Å². The summed E-state index contributed by atoms with van der Waals surface area (Å²) in [6, 6.07) is 0. The molecule has 0 aromatic rings. The first-order valence-corrected chi connectivity index (χ1v) is 7.85. The maximum Gasteiger partial charge on any atom is 0.136 e. The number of carbonyl (C=O) groups is 1. The number of Topliss-reactive ketones (excluding diaryl/α,β-unsaturated/α-hetero) is 1. The molecule has 92 valence electrons. The monoisotopic (exact) mass is 240 g/mol. The Morgan fingerprint density at radius 1 is 1.25 bits per heavy atom. The van der Waals surface area contributed by atoms with Crippen molar-refractivity contribution in [2.24, 2.45) is 17.3 Å². The van der Waals surface area contributed by atoms with Crippen molar-refractivity contribution in [3.05, 3.63) is 0 Å². The van der Waals surface area contributed by atoms with Gasteiger partial charge < -0.3 is 0 Å². The maximum atomic E-state index is 12.3. The van der Waals surface area contributed by atoms with Gasteiger partial charge in [-0.3, -0.25) is 4.79 Å². The Kier molecular flexibility index (Phi) is 3.99. The first-order valence-electron chi connectivity index (χ1n) is 6.70. The van der Waals surface area contributed by atoms with Crippen LogP contribution in [0.15, 0.2) is 0 Å². The van der Waals surface area contributed by atoms with Gasteiger partial charge in [-0.15, -0.1) is 0 Å². The zero-order valence-corrected chi connectivity index (χ0v) is 11.4. The first-order chi connectivity index (χ1) is 7.59. The zero-order valence-electron chi connectivity index (χ0n) is 10.6. The molecule has 0 N–H and O–H groups in total. The average molecular weight is 240 g/mol. The summed E-state index contributed by atoms with van der Waals surface area (Å²) < 4.78 is 0. The summed E-state index contributed by atoms with van der Waals surface area (Å²) in [4.78, 5) is 12.3. The Bertz CT molecular complexity index is 253. The normalized spacial score (nSPS) is 30.5. The fourth-order valence-corrected chi connectivity index (χ4v) is 4.50. The van der Waals surface area contributed by atoms with E-state index in [-0.39, 0.29) is 5.41 Å². The Labute approximate surface area is 104 Å². The molecule has 1 atom stereocenters. The van der Waals surface area contributed by atoms with Gasteiger partial charge in [0.15, 0.2) is 0 Å². The first kappa shape index (κ1) is 12.5. The molecular formula is C14H24OS. The number of hydrogen-bond donors (Lipinski definition) is 0. The smallest absolute Gasteiger partial charge is 0.136 e. The van der Waals surface area contributed by atoms with E-state index in [1.165, 1.54) is 37.2 Å². The lowest BCUT2D eigenvalue weighted by Crippen LogP contribution is -2.28. The number of thioether (sulfide) groups is 1. The molecular weight excluding hydrogens is 216 g/mol. The van der Waals surface area contributed by atoms with Crippen LogP contribution in [0.3, 0.4) is 0 Å². The van der Waals surface area contributed by atoms with Gasteiger partial charge in [-0.25, -0.2) is 0 Å². The molecule has 0 amide bonds. The van der Waals surface area contributed by atoms with Crippen LogP contribution in [-0.4, -0.2) is 17.3 Å². The predicted molar refractivity (Wildman–Crippen MR) is 70.8 cm³/mol. The summed E-state index contributed by atoms with van der Waals surface area (Å²) in [5.41, 5.74) is 0.278. The molecule has 1 aliphatic carbocycles. The van der Waals surface area contributed by atoms with E-state index in [2.05, 4.69) is 13.8 Å². The Balaban J connectivity index is 1.87. The van der Waals surface area contributed by atoms with Gasteiger partial charge in [0.25, 0.3) is 0 Å². The summed E-state index contributed by atoms with van der Waals surface area (Å²) >= 11 is 2.05. The molecule has 2 aliphatic rings. The van der Waals surface area contributed by atoms with Crippen LogP contribution >= 0.6 is 11.8 Å². The quantitative estimate of drug-likeness (QED) is 0.744. The Hall–Kier alpha value is 0.0200. The van der Waals surface area contributed by atoms with Gasteiger partial charge in [-0.2, -0.15) is 11.8 Å². The van der Waals surface area contributed by atoms with Crippen LogP contribution in [0.4, 0.5) is 0 Å². The molecule has 0 bridgehead atoms. The third-order valence-corrected chi connectivity index (χ3v) is 5.53. The van der Waals surface area contributed by atoms with Crippen molar-refractivity contribution < 1.29 is 4.79 Å². The van der Waals surface area contributed by atoms with Gasteiger partial charge in [-0.05, 0) is 48.5 Å². The van der Waals surface area contributed by atoms with Crippen molar-refractivity contribution in [2.75, 3.05) is 11.5 Å². The van der Waals surface area contributed by atoms with E-state index in [4.69, 9.17) is 0 Å². The molecule has 1 saturated carbocycles. The standard InChI is InChI=1S/C14H24OS/c1-14(2)7-3-4-12(14)13(15)10-11-5-8-16-9-6-11/h11-12H,3-10H2,1-2H3. The van der Waals surface area contributed by atoms with Crippen LogP contribution in [0.25, 0.3) is 0 Å². The van der Waals surface area contributed by atoms with Crippen LogP contribution in [-0.2, 0) is 4.79 Å². The zero-order chi connectivity index (χ0) is 11.6. The summed E-state index contributed by atoms with van der Waals surface area (Å²) in [5.74, 6) is 4.17. The third-order valence-electron chi connectivity index (χ3n) is 4.48. The molecule has 1 unspecified atom stereocenters. The van der Waals surface area contributed by atoms with Crippen LogP contribution in [0.1, 0.15) is 52.4 Å². The van der Waals surface area contributed by atoms with E-state index in [9.17, 15) is 4.79 Å². The molecule has 16 heavy (non-hydrogen) atoms. The van der Waals surface area contributed by atoms with E-state index in [0.717, 1.165) is 12.8 Å². The predicted octanol–water partition coefficient (Wildman–Crippen LogP) is 3.92. The van der Waals surface area contributed by atoms with Crippen molar-refractivity contribution in [3.8, 4) is 0 Å². The lowest BCUT2D eigenvalue weighted by atomic mass is 9.77. The minimum atomic E-state index is 0.278. The largest absolute Gasteiger partial charge is 0.299 e. The van der Waals surface area contributed by atoms with Gasteiger partial charge in [0, 0.05) is 12.3 Å². The second kappa shape index (κ2) is 5.12. The minimum absolute atomic E-state index is 0.278. The molecule has 1 saturated heterocycles. The van der Waals surface area contributed by atoms with Crippen molar-refractivity contribution in [2.45, 2.75) is 52.4 Å². The highest BCUT2D eigenvalue weighted by Crippen LogP contribution is 2.44. The van der Waals surface area contributed by atoms with E-state index < -0.39 is 0 Å². The van der Waals surface area contributed by atoms with Crippen molar-refractivity contribution in [3.63, 3.8) is 0 Å². The summed E-state index contributed by atoms with van der Waals surface area (Å²) in [7, 11) is 0. The van der Waals surface area contributed by atoms with Crippen LogP contribution in [0, 0.1) is 17.3 Å². The van der Waals surface area contributed by atoms with Crippen molar-refractivity contribution in [1.82, 2.24) is 0 Å². The van der Waals surface area contributed by atoms with Crippen LogP contribution in [0.5, 0.6) is 0 Å². The highest BCUT2D eigenvalue weighted by Gasteiger charge is 2.39.